The first kappa shape index (κ1) is 128. The van der Waals surface area contributed by atoms with E-state index in [9.17, 15) is 125 Å². The maximum atomic E-state index is 14.6. The smallest absolute Gasteiger partial charge is 0.397 e. The zero-order valence-corrected chi connectivity index (χ0v) is 88.6. The number of ether oxygens (including phenoxy) is 22. The second-order valence-electron chi connectivity index (χ2n) is 34.5. The molecule has 6 aliphatic rings. The van der Waals surface area contributed by atoms with Crippen LogP contribution in [0, 0.1) is 32.1 Å². The van der Waals surface area contributed by atoms with Crippen molar-refractivity contribution < 1.29 is 255 Å². The van der Waals surface area contributed by atoms with E-state index in [1.165, 1.54) is 7.11 Å². The first-order chi connectivity index (χ1) is 69.9. The summed E-state index contributed by atoms with van der Waals surface area (Å²) in [5.41, 5.74) is 2.98. The Morgan fingerprint density at radius 1 is 0.423 bits per heavy atom. The molecule has 8 rings (SSSR count). The number of Topliss-reactive ketones (excluding diaryl/α,β-unsaturated/α-hetero) is 3. The van der Waals surface area contributed by atoms with Gasteiger partial charge in [-0.25, -0.2) is 47.8 Å². The highest BCUT2D eigenvalue weighted by Crippen LogP contribution is 2.43. The van der Waals surface area contributed by atoms with Crippen LogP contribution in [0.5, 0.6) is 5.75 Å². The van der Waals surface area contributed by atoms with Crippen molar-refractivity contribution in [2.75, 3.05) is 143 Å². The normalized spacial score (nSPS) is 29.0. The number of piperidine rings is 1. The molecule has 6 aliphatic heterocycles. The minimum absolute atomic E-state index is 0.00000873. The predicted octanol–water partition coefficient (Wildman–Crippen LogP) is -1.10. The Bertz CT molecular complexity index is 5580. The monoisotopic (exact) mass is 2290 g/mol. The molecule has 2 aromatic rings. The number of carbonyl (C=O) groups excluding carboxylic acids is 4. The highest BCUT2D eigenvalue weighted by atomic mass is 32.3. The van der Waals surface area contributed by atoms with E-state index in [0.29, 0.717) is 59.6 Å². The maximum Gasteiger partial charge on any atom is 0.397 e. The molecule has 10 N–H and O–H groups in total. The molecular formula is C83H129N3O56S7. The van der Waals surface area contributed by atoms with Crippen LogP contribution in [0.25, 0.3) is 0 Å². The van der Waals surface area contributed by atoms with Crippen molar-refractivity contribution in [3.05, 3.63) is 58.1 Å². The molecule has 0 spiro atoms. The molecule has 0 saturated carbocycles. The number of nitrogens with zero attached hydrogens (tertiary/aromatic N) is 1. The third kappa shape index (κ3) is 38.3. The number of hydrogen-bond acceptors (Lipinski definition) is 49. The van der Waals surface area contributed by atoms with Crippen LogP contribution in [0.2, 0.25) is 0 Å². The van der Waals surface area contributed by atoms with Gasteiger partial charge in [-0.3, -0.25) is 46.5 Å². The van der Waals surface area contributed by atoms with Gasteiger partial charge in [-0.2, -0.15) is 50.5 Å². The molecule has 0 unspecified atom stereocenters. The molecule has 0 aromatic heterocycles. The van der Waals surface area contributed by atoms with Crippen LogP contribution >= 0.6 is 0 Å². The number of unbranched alkanes of at least 4 members (excludes halogenated alkanes) is 1. The Hall–Kier alpha value is -6.38. The number of hydrogen-bond donors (Lipinski definition) is 10. The Kier molecular flexibility index (Phi) is 49.8. The molecule has 6 fully saturated rings. The molecule has 66 heteroatoms. The van der Waals surface area contributed by atoms with Gasteiger partial charge in [-0.05, 0) is 107 Å². The topological polar surface area (TPSA) is 801 Å². The summed E-state index contributed by atoms with van der Waals surface area (Å²) in [5.74, 6) is -6.13. The van der Waals surface area contributed by atoms with Crippen molar-refractivity contribution >= 4 is 113 Å². The second kappa shape index (κ2) is 58.1. The van der Waals surface area contributed by atoms with Crippen LogP contribution in [0.15, 0.2) is 35.2 Å². The minimum Gasteiger partial charge on any atom is -0.496 e. The van der Waals surface area contributed by atoms with Crippen molar-refractivity contribution in [1.29, 1.82) is 5.41 Å². The van der Waals surface area contributed by atoms with Crippen LogP contribution in [-0.4, -0.2) is 445 Å². The second-order valence-corrected chi connectivity index (χ2v) is 42.6. The minimum atomic E-state index is -6.22. The number of aliphatic carboxylic acids is 2. The number of carboxylic acid groups (broad SMARTS) is 2. The van der Waals surface area contributed by atoms with Crippen LogP contribution in [0.3, 0.4) is 0 Å². The van der Waals surface area contributed by atoms with Gasteiger partial charge in [0, 0.05) is 120 Å². The van der Waals surface area contributed by atoms with E-state index < -0.39 is 288 Å². The van der Waals surface area contributed by atoms with Gasteiger partial charge in [0.2, 0.25) is 15.9 Å². The van der Waals surface area contributed by atoms with E-state index in [0.717, 1.165) is 81.7 Å². The first-order valence-corrected chi connectivity index (χ1v) is 55.5. The third-order valence-electron chi connectivity index (χ3n) is 24.5. The van der Waals surface area contributed by atoms with Crippen molar-refractivity contribution in [3.8, 4) is 5.75 Å². The van der Waals surface area contributed by atoms with Crippen LogP contribution in [0.1, 0.15) is 105 Å². The quantitative estimate of drug-likeness (QED) is 0.0213. The molecule has 0 radical (unpaired) electrons. The van der Waals surface area contributed by atoms with Gasteiger partial charge in [0.15, 0.2) is 61.6 Å². The van der Waals surface area contributed by atoms with Gasteiger partial charge in [0.25, 0.3) is 0 Å². The average Bonchev–Trinajstić information content (AvgIpc) is 0.748. The lowest BCUT2D eigenvalue weighted by atomic mass is 9.89. The van der Waals surface area contributed by atoms with E-state index >= 15 is 0 Å². The number of ketones is 3. The van der Waals surface area contributed by atoms with Gasteiger partial charge in [-0.1, -0.05) is 24.3 Å². The first-order valence-electron chi connectivity index (χ1n) is 45.8. The summed E-state index contributed by atoms with van der Waals surface area (Å²) >= 11 is 0. The Labute approximate surface area is 860 Å². The van der Waals surface area contributed by atoms with Gasteiger partial charge in [0.05, 0.1) is 77.5 Å². The maximum absolute atomic E-state index is 14.6. The molecule has 59 nitrogen and oxygen atoms in total. The molecule has 2 aromatic carbocycles. The number of likely N-dealkylation sites (tertiary alicyclic amines) is 1. The van der Waals surface area contributed by atoms with E-state index in [1.807, 2.05) is 0 Å². The number of benzene rings is 2. The van der Waals surface area contributed by atoms with E-state index in [-0.39, 0.29) is 101 Å². The van der Waals surface area contributed by atoms with Crippen molar-refractivity contribution in [3.63, 3.8) is 0 Å². The zero-order chi connectivity index (χ0) is 111. The zero-order valence-electron chi connectivity index (χ0n) is 82.9. The molecule has 6 saturated heterocycles. The number of carboxylic acids is 2. The molecule has 27 atom stereocenters. The lowest BCUT2D eigenvalue weighted by molar-refractivity contribution is -0.389. The summed E-state index contributed by atoms with van der Waals surface area (Å²) < 4.78 is 395. The van der Waals surface area contributed by atoms with Crippen molar-refractivity contribution in [2.24, 2.45) is 5.92 Å². The fourth-order valence-electron chi connectivity index (χ4n) is 17.7. The average molecular weight is 2290 g/mol. The molecule has 149 heavy (non-hydrogen) atoms. The van der Waals surface area contributed by atoms with Crippen LogP contribution in [0.4, 0.5) is 0 Å². The highest BCUT2D eigenvalue weighted by Gasteiger charge is 2.63. The summed E-state index contributed by atoms with van der Waals surface area (Å²) in [6.45, 7) is 3.06. The van der Waals surface area contributed by atoms with E-state index in [1.54, 1.807) is 62.9 Å². The number of carbonyl (C=O) groups is 6. The Balaban J connectivity index is 0.876. The van der Waals surface area contributed by atoms with Crippen LogP contribution in [-0.2, 0) is 232 Å². The van der Waals surface area contributed by atoms with Gasteiger partial charge in [0.1, 0.15) is 115 Å². The number of rotatable bonds is 65. The van der Waals surface area contributed by atoms with Crippen LogP contribution < -0.4 is 9.46 Å². The molecule has 6 heterocycles. The third-order valence-corrected chi connectivity index (χ3v) is 29.0. The number of aryl methyl sites for hydroxylation is 1. The largest absolute Gasteiger partial charge is 0.496 e. The molecule has 0 bridgehead atoms. The molecule has 0 aliphatic carbocycles. The van der Waals surface area contributed by atoms with E-state index in [2.05, 4.69) is 13.1 Å². The van der Waals surface area contributed by atoms with Gasteiger partial charge >= 0.3 is 74.3 Å². The number of sulfonamides is 1. The summed E-state index contributed by atoms with van der Waals surface area (Å²) in [6.07, 6.45) is -53.5. The lowest BCUT2D eigenvalue weighted by Gasteiger charge is -2.51. The fourth-order valence-corrected chi connectivity index (χ4v) is 21.8. The predicted molar refractivity (Wildman–Crippen MR) is 494 cm³/mol. The summed E-state index contributed by atoms with van der Waals surface area (Å²) in [7, 11) is -30.1. The highest BCUT2D eigenvalue weighted by molar-refractivity contribution is 7.89. The summed E-state index contributed by atoms with van der Waals surface area (Å²) in [5, 5.41) is 29.9. The van der Waals surface area contributed by atoms with Crippen molar-refractivity contribution in [1.82, 2.24) is 9.62 Å². The number of methoxy groups -OCH3 is 9. The molecular weight excluding hydrogens is 2160 g/mol. The Morgan fingerprint density at radius 3 is 1.23 bits per heavy atom. The van der Waals surface area contributed by atoms with E-state index in [4.69, 9.17) is 126 Å². The molecule has 1 amide bonds. The SMILES string of the molecule is COc1cc(C)c(S(=O)(=O)N[C@@H](CC(=O)CCCCC(=O)CCCOCCOCCOCCO[C@H]2[C@H](OC)[C@@H](OC)[C@@H](O[C@H]3[C@H](OC)[C@@H](OC)[C@H](O[C@H]4[C@H](OS(=O)(=O)O)[C@@H](OS(=O)(=O)O)[C@@H](O[C@H]5[C@H](OC)[C@@H](OC)[C@H](O[C@H]6[C@H](OC)[C@@H](OS(=O)(=O)O)[C@@H](OC)O[C@@H]6COS(=O)(=O)O)O[C@H]5C(=O)O)O[C@@H]4COS(=O)(=O)O)O[C@@H]3C(=O)O)O[C@@H]2COS(=O)(=O)O)C(=O)C[C@H](Cc2ccc(C(C)=N)cc2)C(=O)N2CCCCC2)c(C)c1C. The number of amides is 1. The van der Waals surface area contributed by atoms with Crippen molar-refractivity contribution in [2.45, 2.75) is 269 Å². The number of nitrogens with one attached hydrogen (secondary N) is 2. The standard InChI is InChI=1S/C83H129N3O56S7/c1-43-36-54(115-5)44(2)45(3)75(43)143(95,96)85-52(53(89)38-49(76(90)86-27-17-14-18-28-86)37-47-23-25-48(26-24-47)46(4)84)39-51(88)21-16-15-20-50(87)22-19-29-124-30-31-125-32-33-126-34-35-127-58-55(40-128-144(97,98)99)132-80(70(120-10)61(58)116-6)136-65-63(118-8)72(122-12)82(139-68(65)77(91)92)135-60-57(42-130-146(103,104)105)133-83(74(142-149(112,113)114)67(60)140-147(106,107)108)137-66-64(119-9)71(121-11)81(138-69(66)78(93)94)134-59-56(41-129-145(100,101)102)131-79(123-13)73(62(59)117-7)141-148(109,110)111/h23-26,36,49,52,55-74,79-85H,14-22,27-35,37-42H2,1-13H3,(H,91,92)(H,93,94)(H,97,98,99)(H,100,101,102)(H,103,104,105)(H,106,107,108)(H,109,110,111)(H,112,113,114)/t49-,52-,55+,56+,57+,58+,59+,60+,61-,62-,63-,64-,65-,66-,67-,68-,69+,70+,71+,72+,73+,74+,79-,80+,81+,82+,83+/m0/s1. The summed E-state index contributed by atoms with van der Waals surface area (Å²) in [4.78, 5) is 84.6. The fraction of sp³-hybridized carbons (Fsp3) is 0.771. The Morgan fingerprint density at radius 2 is 0.805 bits per heavy atom. The summed E-state index contributed by atoms with van der Waals surface area (Å²) in [6, 6.07) is 7.07. The lowest BCUT2D eigenvalue weighted by Crippen LogP contribution is -2.70. The molecule has 854 valence electrons. The van der Waals surface area contributed by atoms with Gasteiger partial charge < -0.3 is 125 Å². The van der Waals surface area contributed by atoms with Gasteiger partial charge in [-0.15, -0.1) is 0 Å².